The number of hydrogen-bond donors (Lipinski definition) is 1. The minimum atomic E-state index is 0.0828. The van der Waals surface area contributed by atoms with Crippen molar-refractivity contribution in [1.82, 2.24) is 14.9 Å². The first-order valence-corrected chi connectivity index (χ1v) is 8.18. The van der Waals surface area contributed by atoms with Crippen molar-refractivity contribution in [3.8, 4) is 5.88 Å². The van der Waals surface area contributed by atoms with Crippen LogP contribution in [-0.2, 0) is 4.79 Å². The molecular formula is C18H22N4O2. The summed E-state index contributed by atoms with van der Waals surface area (Å²) in [6, 6.07) is 12.0. The van der Waals surface area contributed by atoms with E-state index in [4.69, 9.17) is 4.74 Å². The Kier molecular flexibility index (Phi) is 4.93. The lowest BCUT2D eigenvalue weighted by Crippen LogP contribution is -2.26. The number of likely N-dealkylation sites (tertiary alicyclic amines) is 1. The SMILES string of the molecule is CCOc1cc(NC[C@@H]2CC(=O)N(C)[C@H]2c2ccccc2)ncn1. The second-order valence-electron chi connectivity index (χ2n) is 5.88. The Morgan fingerprint density at radius 1 is 1.29 bits per heavy atom. The smallest absolute Gasteiger partial charge is 0.223 e. The van der Waals surface area contributed by atoms with Crippen molar-refractivity contribution >= 4 is 11.7 Å². The normalized spacial score (nSPS) is 20.2. The van der Waals surface area contributed by atoms with Gasteiger partial charge in [0.1, 0.15) is 12.1 Å². The molecule has 2 heterocycles. The molecule has 2 atom stereocenters. The van der Waals surface area contributed by atoms with E-state index in [1.165, 1.54) is 6.33 Å². The Hall–Kier alpha value is -2.63. The number of nitrogens with zero attached hydrogens (tertiary/aromatic N) is 3. The lowest BCUT2D eigenvalue weighted by molar-refractivity contribution is -0.127. The first-order chi connectivity index (χ1) is 11.7. The van der Waals surface area contributed by atoms with E-state index in [1.54, 1.807) is 6.07 Å². The molecule has 1 N–H and O–H groups in total. The van der Waals surface area contributed by atoms with Gasteiger partial charge in [-0.15, -0.1) is 0 Å². The molecular weight excluding hydrogens is 304 g/mol. The molecule has 6 nitrogen and oxygen atoms in total. The second-order valence-corrected chi connectivity index (χ2v) is 5.88. The van der Waals surface area contributed by atoms with Gasteiger partial charge in [-0.05, 0) is 12.5 Å². The summed E-state index contributed by atoms with van der Waals surface area (Å²) in [5, 5.41) is 3.32. The molecule has 126 valence electrons. The van der Waals surface area contributed by atoms with Crippen LogP contribution in [-0.4, -0.2) is 41.0 Å². The number of ether oxygens (including phenoxy) is 1. The summed E-state index contributed by atoms with van der Waals surface area (Å²) in [5.74, 6) is 1.63. The predicted octanol–water partition coefficient (Wildman–Crippen LogP) is 2.51. The van der Waals surface area contributed by atoms with Crippen LogP contribution in [0.3, 0.4) is 0 Å². The molecule has 24 heavy (non-hydrogen) atoms. The molecule has 1 aromatic heterocycles. The van der Waals surface area contributed by atoms with Crippen molar-refractivity contribution in [2.45, 2.75) is 19.4 Å². The summed E-state index contributed by atoms with van der Waals surface area (Å²) in [6.45, 7) is 3.15. The zero-order chi connectivity index (χ0) is 16.9. The standard InChI is InChI=1S/C18H22N4O2/c1-3-24-16-10-15(20-12-21-16)19-11-14-9-17(23)22(2)18(14)13-7-5-4-6-8-13/h4-8,10,12,14,18H,3,9,11H2,1-2H3,(H,19,20,21)/t14-,18-/m0/s1. The molecule has 0 bridgehead atoms. The molecule has 0 aliphatic carbocycles. The summed E-state index contributed by atoms with van der Waals surface area (Å²) in [7, 11) is 1.87. The Balaban J connectivity index is 1.71. The van der Waals surface area contributed by atoms with Gasteiger partial charge in [0.25, 0.3) is 0 Å². The molecule has 1 aromatic carbocycles. The van der Waals surface area contributed by atoms with Gasteiger partial charge in [-0.3, -0.25) is 4.79 Å². The van der Waals surface area contributed by atoms with Crippen LogP contribution < -0.4 is 10.1 Å². The summed E-state index contributed by atoms with van der Waals surface area (Å²) in [5.41, 5.74) is 1.16. The number of hydrogen-bond acceptors (Lipinski definition) is 5. The summed E-state index contributed by atoms with van der Waals surface area (Å²) >= 11 is 0. The molecule has 1 aliphatic heterocycles. The van der Waals surface area contributed by atoms with Crippen molar-refractivity contribution in [2.75, 3.05) is 25.5 Å². The molecule has 1 saturated heterocycles. The van der Waals surface area contributed by atoms with Gasteiger partial charge < -0.3 is 15.0 Å². The summed E-state index contributed by atoms with van der Waals surface area (Å²) in [4.78, 5) is 22.3. The highest BCUT2D eigenvalue weighted by molar-refractivity contribution is 5.79. The number of carbonyl (C=O) groups excluding carboxylic acids is 1. The Morgan fingerprint density at radius 3 is 2.83 bits per heavy atom. The van der Waals surface area contributed by atoms with E-state index in [-0.39, 0.29) is 17.9 Å². The van der Waals surface area contributed by atoms with Crippen LogP contribution in [0, 0.1) is 5.92 Å². The van der Waals surface area contributed by atoms with E-state index < -0.39 is 0 Å². The van der Waals surface area contributed by atoms with E-state index in [9.17, 15) is 4.79 Å². The molecule has 0 spiro atoms. The zero-order valence-electron chi connectivity index (χ0n) is 14.0. The van der Waals surface area contributed by atoms with Crippen molar-refractivity contribution in [1.29, 1.82) is 0 Å². The number of rotatable bonds is 6. The first-order valence-electron chi connectivity index (χ1n) is 8.18. The van der Waals surface area contributed by atoms with Crippen molar-refractivity contribution in [3.63, 3.8) is 0 Å². The molecule has 2 aromatic rings. The van der Waals surface area contributed by atoms with Crippen LogP contribution in [0.5, 0.6) is 5.88 Å². The van der Waals surface area contributed by atoms with Crippen molar-refractivity contribution < 1.29 is 9.53 Å². The number of aromatic nitrogens is 2. The number of carbonyl (C=O) groups is 1. The molecule has 1 amide bonds. The number of anilines is 1. The molecule has 1 aliphatic rings. The van der Waals surface area contributed by atoms with Gasteiger partial charge in [-0.2, -0.15) is 0 Å². The highest BCUT2D eigenvalue weighted by Crippen LogP contribution is 2.36. The molecule has 6 heteroatoms. The fourth-order valence-corrected chi connectivity index (χ4v) is 3.18. The van der Waals surface area contributed by atoms with Crippen LogP contribution in [0.4, 0.5) is 5.82 Å². The van der Waals surface area contributed by atoms with Crippen LogP contribution in [0.15, 0.2) is 42.7 Å². The highest BCUT2D eigenvalue weighted by atomic mass is 16.5. The second kappa shape index (κ2) is 7.29. The fraction of sp³-hybridized carbons (Fsp3) is 0.389. The number of amides is 1. The number of nitrogens with one attached hydrogen (secondary N) is 1. The maximum Gasteiger partial charge on any atom is 0.223 e. The van der Waals surface area contributed by atoms with Gasteiger partial charge in [0.2, 0.25) is 11.8 Å². The largest absolute Gasteiger partial charge is 0.478 e. The summed E-state index contributed by atoms with van der Waals surface area (Å²) in [6.07, 6.45) is 2.01. The minimum Gasteiger partial charge on any atom is -0.478 e. The van der Waals surface area contributed by atoms with E-state index in [0.29, 0.717) is 31.3 Å². The molecule has 1 fully saturated rings. The zero-order valence-corrected chi connectivity index (χ0v) is 14.0. The third-order valence-corrected chi connectivity index (χ3v) is 4.31. The van der Waals surface area contributed by atoms with E-state index in [1.807, 2.05) is 37.1 Å². The monoisotopic (exact) mass is 326 g/mol. The van der Waals surface area contributed by atoms with E-state index >= 15 is 0 Å². The predicted molar refractivity (Wildman–Crippen MR) is 91.8 cm³/mol. The maximum atomic E-state index is 12.2. The van der Waals surface area contributed by atoms with Crippen LogP contribution >= 0.6 is 0 Å². The lowest BCUT2D eigenvalue weighted by Gasteiger charge is -2.25. The quantitative estimate of drug-likeness (QED) is 0.883. The Labute approximate surface area is 141 Å². The maximum absolute atomic E-state index is 12.2. The average Bonchev–Trinajstić information content (AvgIpc) is 2.89. The van der Waals surface area contributed by atoms with Crippen molar-refractivity contribution in [3.05, 3.63) is 48.3 Å². The molecule has 0 unspecified atom stereocenters. The van der Waals surface area contributed by atoms with Crippen LogP contribution in [0.2, 0.25) is 0 Å². The fourth-order valence-electron chi connectivity index (χ4n) is 3.18. The minimum absolute atomic E-state index is 0.0828. The van der Waals surface area contributed by atoms with Gasteiger partial charge in [-0.1, -0.05) is 30.3 Å². The van der Waals surface area contributed by atoms with Gasteiger partial charge in [0.05, 0.1) is 12.6 Å². The van der Waals surface area contributed by atoms with E-state index in [2.05, 4.69) is 27.4 Å². The van der Waals surface area contributed by atoms with Gasteiger partial charge in [0, 0.05) is 32.0 Å². The van der Waals surface area contributed by atoms with Gasteiger partial charge >= 0.3 is 0 Å². The number of benzene rings is 1. The lowest BCUT2D eigenvalue weighted by atomic mass is 9.93. The van der Waals surface area contributed by atoms with Crippen LogP contribution in [0.25, 0.3) is 0 Å². The van der Waals surface area contributed by atoms with E-state index in [0.717, 1.165) is 5.56 Å². The molecule has 0 saturated carbocycles. The van der Waals surface area contributed by atoms with Crippen molar-refractivity contribution in [2.24, 2.45) is 5.92 Å². The molecule has 3 rings (SSSR count). The Morgan fingerprint density at radius 2 is 2.08 bits per heavy atom. The van der Waals surface area contributed by atoms with Gasteiger partial charge in [0.15, 0.2) is 0 Å². The summed E-state index contributed by atoms with van der Waals surface area (Å²) < 4.78 is 5.39. The third kappa shape index (κ3) is 3.48. The third-order valence-electron chi connectivity index (χ3n) is 4.31. The Bertz CT molecular complexity index is 692. The molecule has 0 radical (unpaired) electrons. The topological polar surface area (TPSA) is 67.3 Å². The highest BCUT2D eigenvalue weighted by Gasteiger charge is 2.38. The van der Waals surface area contributed by atoms with Crippen LogP contribution in [0.1, 0.15) is 24.9 Å². The first kappa shape index (κ1) is 16.2. The van der Waals surface area contributed by atoms with Gasteiger partial charge in [-0.25, -0.2) is 9.97 Å². The average molecular weight is 326 g/mol.